The van der Waals surface area contributed by atoms with E-state index >= 15 is 0 Å². The summed E-state index contributed by atoms with van der Waals surface area (Å²) in [7, 11) is 1.82. The molecule has 1 heterocycles. The maximum Gasteiger partial charge on any atom is 0.126 e. The van der Waals surface area contributed by atoms with Gasteiger partial charge in [0.15, 0.2) is 0 Å². The van der Waals surface area contributed by atoms with Crippen LogP contribution < -0.4 is 11.3 Å². The van der Waals surface area contributed by atoms with E-state index in [-0.39, 0.29) is 11.9 Å². The molecule has 0 bridgehead atoms. The number of benzene rings is 1. The van der Waals surface area contributed by atoms with Crippen LogP contribution in [0.3, 0.4) is 0 Å². The quantitative estimate of drug-likeness (QED) is 0.624. The zero-order valence-electron chi connectivity index (χ0n) is 9.81. The Labute approximate surface area is 99.2 Å². The Morgan fingerprint density at radius 3 is 2.71 bits per heavy atom. The number of hydrogen-bond donors (Lipinski definition) is 2. The molecular weight excluding hydrogens is 219 g/mol. The highest BCUT2D eigenvalue weighted by atomic mass is 19.1. The normalized spacial score (nSPS) is 12.7. The van der Waals surface area contributed by atoms with Crippen LogP contribution in [0.2, 0.25) is 0 Å². The lowest BCUT2D eigenvalue weighted by molar-refractivity contribution is 0.565. The van der Waals surface area contributed by atoms with Gasteiger partial charge < -0.3 is 0 Å². The van der Waals surface area contributed by atoms with Crippen molar-refractivity contribution in [1.82, 2.24) is 15.2 Å². The molecule has 2 aromatic rings. The summed E-state index contributed by atoms with van der Waals surface area (Å²) >= 11 is 0. The molecule has 0 radical (unpaired) electrons. The number of nitrogens with two attached hydrogens (primary N) is 1. The average molecular weight is 234 g/mol. The Balaban J connectivity index is 2.42. The number of hydrogen-bond acceptors (Lipinski definition) is 3. The first kappa shape index (κ1) is 11.8. The molecule has 0 saturated heterocycles. The Hall–Kier alpha value is -1.72. The number of aromatic nitrogens is 2. The minimum absolute atomic E-state index is 0.232. The van der Waals surface area contributed by atoms with Crippen molar-refractivity contribution >= 4 is 0 Å². The third-order valence-electron chi connectivity index (χ3n) is 2.85. The molecule has 0 aliphatic heterocycles. The lowest BCUT2D eigenvalue weighted by Crippen LogP contribution is -2.30. The van der Waals surface area contributed by atoms with E-state index < -0.39 is 0 Å². The summed E-state index contributed by atoms with van der Waals surface area (Å²) in [5.41, 5.74) is 4.96. The number of hydrazine groups is 1. The van der Waals surface area contributed by atoms with Gasteiger partial charge in [-0.1, -0.05) is 12.1 Å². The van der Waals surface area contributed by atoms with E-state index in [2.05, 4.69) is 10.5 Å². The molecule has 0 fully saturated rings. The Morgan fingerprint density at radius 1 is 1.41 bits per heavy atom. The SMILES string of the molecule is Cc1ccc(C(NN)c2ccnn2C)cc1F. The third kappa shape index (κ3) is 2.20. The minimum atomic E-state index is -0.266. The highest BCUT2D eigenvalue weighted by Crippen LogP contribution is 2.22. The van der Waals surface area contributed by atoms with Crippen molar-refractivity contribution in [2.45, 2.75) is 13.0 Å². The van der Waals surface area contributed by atoms with E-state index in [0.29, 0.717) is 5.56 Å². The average Bonchev–Trinajstić information content (AvgIpc) is 2.71. The molecule has 1 unspecified atom stereocenters. The van der Waals surface area contributed by atoms with Gasteiger partial charge in [0.1, 0.15) is 5.82 Å². The summed E-state index contributed by atoms with van der Waals surface area (Å²) in [5.74, 6) is 5.31. The highest BCUT2D eigenvalue weighted by molar-refractivity contribution is 5.30. The maximum absolute atomic E-state index is 13.5. The van der Waals surface area contributed by atoms with Gasteiger partial charge in [0.05, 0.1) is 11.7 Å². The van der Waals surface area contributed by atoms with Crippen LogP contribution in [0.4, 0.5) is 4.39 Å². The minimum Gasteiger partial charge on any atom is -0.271 e. The number of aryl methyl sites for hydroxylation is 2. The fourth-order valence-electron chi connectivity index (χ4n) is 1.81. The smallest absolute Gasteiger partial charge is 0.126 e. The van der Waals surface area contributed by atoms with Crippen molar-refractivity contribution in [2.24, 2.45) is 12.9 Å². The van der Waals surface area contributed by atoms with Crippen molar-refractivity contribution in [2.75, 3.05) is 0 Å². The van der Waals surface area contributed by atoms with Gasteiger partial charge in [-0.15, -0.1) is 0 Å². The van der Waals surface area contributed by atoms with E-state index in [9.17, 15) is 4.39 Å². The molecule has 0 aliphatic carbocycles. The zero-order chi connectivity index (χ0) is 12.4. The van der Waals surface area contributed by atoms with Crippen LogP contribution in [0.5, 0.6) is 0 Å². The summed E-state index contributed by atoms with van der Waals surface area (Å²) in [4.78, 5) is 0. The second-order valence-corrected chi connectivity index (χ2v) is 3.99. The van der Waals surface area contributed by atoms with E-state index in [1.165, 1.54) is 6.07 Å². The Bertz CT molecular complexity index is 521. The van der Waals surface area contributed by atoms with Crippen LogP contribution >= 0.6 is 0 Å². The molecule has 17 heavy (non-hydrogen) atoms. The Kier molecular flexibility index (Phi) is 3.21. The largest absolute Gasteiger partial charge is 0.271 e. The molecule has 90 valence electrons. The topological polar surface area (TPSA) is 55.9 Å². The molecule has 0 amide bonds. The first-order chi connectivity index (χ1) is 8.13. The van der Waals surface area contributed by atoms with E-state index in [1.54, 1.807) is 23.9 Å². The van der Waals surface area contributed by atoms with Crippen LogP contribution in [-0.2, 0) is 7.05 Å². The maximum atomic E-state index is 13.5. The van der Waals surface area contributed by atoms with Gasteiger partial charge in [-0.25, -0.2) is 9.82 Å². The van der Waals surface area contributed by atoms with Crippen molar-refractivity contribution in [3.8, 4) is 0 Å². The Morgan fingerprint density at radius 2 is 2.18 bits per heavy atom. The molecule has 2 rings (SSSR count). The fraction of sp³-hybridized carbons (Fsp3) is 0.250. The number of nitrogens with one attached hydrogen (secondary N) is 1. The summed E-state index contributed by atoms with van der Waals surface area (Å²) in [6, 6.07) is 6.67. The van der Waals surface area contributed by atoms with Gasteiger partial charge in [0.25, 0.3) is 0 Å². The van der Waals surface area contributed by atoms with Gasteiger partial charge in [0, 0.05) is 13.2 Å². The summed E-state index contributed by atoms with van der Waals surface area (Å²) < 4.78 is 15.2. The van der Waals surface area contributed by atoms with Gasteiger partial charge in [-0.2, -0.15) is 5.10 Å². The van der Waals surface area contributed by atoms with Crippen LogP contribution in [0.25, 0.3) is 0 Å². The summed E-state index contributed by atoms with van der Waals surface area (Å²) in [6.07, 6.45) is 1.68. The van der Waals surface area contributed by atoms with Gasteiger partial charge in [-0.3, -0.25) is 10.5 Å². The molecule has 3 N–H and O–H groups in total. The van der Waals surface area contributed by atoms with E-state index in [1.807, 2.05) is 19.2 Å². The lowest BCUT2D eigenvalue weighted by Gasteiger charge is -2.17. The van der Waals surface area contributed by atoms with Crippen molar-refractivity contribution in [3.05, 3.63) is 53.1 Å². The number of nitrogens with zero attached hydrogens (tertiary/aromatic N) is 2. The molecule has 1 atom stereocenters. The van der Waals surface area contributed by atoms with Crippen LogP contribution in [0, 0.1) is 12.7 Å². The predicted octanol–water partition coefficient (Wildman–Crippen LogP) is 1.42. The molecule has 0 saturated carbocycles. The van der Waals surface area contributed by atoms with Gasteiger partial charge in [0.2, 0.25) is 0 Å². The number of rotatable bonds is 3. The second kappa shape index (κ2) is 4.65. The zero-order valence-corrected chi connectivity index (χ0v) is 9.81. The molecule has 1 aromatic carbocycles. The highest BCUT2D eigenvalue weighted by Gasteiger charge is 2.16. The first-order valence-corrected chi connectivity index (χ1v) is 5.33. The fourth-order valence-corrected chi connectivity index (χ4v) is 1.81. The summed E-state index contributed by atoms with van der Waals surface area (Å²) in [5, 5.41) is 4.08. The van der Waals surface area contributed by atoms with Gasteiger partial charge >= 0.3 is 0 Å². The monoisotopic (exact) mass is 234 g/mol. The van der Waals surface area contributed by atoms with Gasteiger partial charge in [-0.05, 0) is 30.2 Å². The van der Waals surface area contributed by atoms with Crippen molar-refractivity contribution in [1.29, 1.82) is 0 Å². The molecule has 5 heteroatoms. The van der Waals surface area contributed by atoms with E-state index in [0.717, 1.165) is 11.3 Å². The first-order valence-electron chi connectivity index (χ1n) is 5.33. The van der Waals surface area contributed by atoms with E-state index in [4.69, 9.17) is 5.84 Å². The van der Waals surface area contributed by atoms with Crippen molar-refractivity contribution < 1.29 is 4.39 Å². The molecule has 0 aliphatic rings. The molecule has 4 nitrogen and oxygen atoms in total. The second-order valence-electron chi connectivity index (χ2n) is 3.99. The predicted molar refractivity (Wildman–Crippen MR) is 63.5 cm³/mol. The summed E-state index contributed by atoms with van der Waals surface area (Å²) in [6.45, 7) is 1.73. The lowest BCUT2D eigenvalue weighted by atomic mass is 10.0. The standard InChI is InChI=1S/C12H15FN4/c1-8-3-4-9(7-10(8)13)12(16-14)11-5-6-15-17(11)2/h3-7,12,16H,14H2,1-2H3. The molecule has 0 spiro atoms. The molecule has 1 aromatic heterocycles. The van der Waals surface area contributed by atoms with Crippen LogP contribution in [0.15, 0.2) is 30.5 Å². The third-order valence-corrected chi connectivity index (χ3v) is 2.85. The van der Waals surface area contributed by atoms with Crippen LogP contribution in [0.1, 0.15) is 22.9 Å². The molecular formula is C12H15FN4. The number of halogens is 1. The van der Waals surface area contributed by atoms with Crippen LogP contribution in [-0.4, -0.2) is 9.78 Å². The van der Waals surface area contributed by atoms with Crippen molar-refractivity contribution in [3.63, 3.8) is 0 Å².